The Hall–Kier alpha value is -1.31. The first-order chi connectivity index (χ1) is 7.36. The van der Waals surface area contributed by atoms with E-state index in [1.165, 1.54) is 6.42 Å². The molecule has 1 aromatic rings. The van der Waals surface area contributed by atoms with Gasteiger partial charge in [0.15, 0.2) is 0 Å². The van der Waals surface area contributed by atoms with E-state index in [1.807, 2.05) is 6.07 Å². The molecule has 0 amide bonds. The summed E-state index contributed by atoms with van der Waals surface area (Å²) < 4.78 is 5.28. The molecule has 2 heteroatoms. The third kappa shape index (κ3) is 2.82. The second-order valence-electron chi connectivity index (χ2n) is 4.00. The molecule has 1 aromatic carbocycles. The van der Waals surface area contributed by atoms with Crippen LogP contribution in [0.25, 0.3) is 0 Å². The fraction of sp³-hybridized carbons (Fsp3) is 0.462. The van der Waals surface area contributed by atoms with Crippen molar-refractivity contribution >= 4 is 5.97 Å². The topological polar surface area (TPSA) is 26.3 Å². The van der Waals surface area contributed by atoms with Crippen molar-refractivity contribution in [2.24, 2.45) is 5.92 Å². The molecule has 1 aliphatic carbocycles. The van der Waals surface area contributed by atoms with Crippen molar-refractivity contribution in [2.45, 2.75) is 32.1 Å². The van der Waals surface area contributed by atoms with Crippen molar-refractivity contribution in [2.75, 3.05) is 0 Å². The van der Waals surface area contributed by atoms with Gasteiger partial charge in [0.05, 0.1) is 5.92 Å². The van der Waals surface area contributed by atoms with Crippen LogP contribution in [0.2, 0.25) is 0 Å². The van der Waals surface area contributed by atoms with Crippen LogP contribution >= 0.6 is 0 Å². The van der Waals surface area contributed by atoms with Crippen molar-refractivity contribution in [1.82, 2.24) is 0 Å². The Labute approximate surface area is 90.3 Å². The molecule has 15 heavy (non-hydrogen) atoms. The van der Waals surface area contributed by atoms with Gasteiger partial charge in [-0.3, -0.25) is 4.79 Å². The van der Waals surface area contributed by atoms with Crippen LogP contribution in [0.4, 0.5) is 0 Å². The quantitative estimate of drug-likeness (QED) is 0.545. The van der Waals surface area contributed by atoms with Gasteiger partial charge in [-0.1, -0.05) is 31.4 Å². The summed E-state index contributed by atoms with van der Waals surface area (Å²) >= 11 is 0. The smallest absolute Gasteiger partial charge is 0.314 e. The van der Waals surface area contributed by atoms with Gasteiger partial charge < -0.3 is 4.74 Å². The van der Waals surface area contributed by atoms with E-state index in [-0.39, 0.29) is 11.9 Å². The zero-order chi connectivity index (χ0) is 10.5. The number of hydrogen-bond acceptors (Lipinski definition) is 2. The first-order valence-corrected chi connectivity index (χ1v) is 5.54. The van der Waals surface area contributed by atoms with Crippen LogP contribution in [-0.4, -0.2) is 5.97 Å². The van der Waals surface area contributed by atoms with E-state index in [2.05, 4.69) is 6.07 Å². The largest absolute Gasteiger partial charge is 0.426 e. The van der Waals surface area contributed by atoms with Crippen LogP contribution in [0.15, 0.2) is 24.3 Å². The van der Waals surface area contributed by atoms with Gasteiger partial charge in [-0.15, -0.1) is 0 Å². The lowest BCUT2D eigenvalue weighted by molar-refractivity contribution is -0.139. The lowest BCUT2D eigenvalue weighted by Gasteiger charge is -2.19. The molecule has 2 nitrogen and oxygen atoms in total. The van der Waals surface area contributed by atoms with Crippen LogP contribution < -0.4 is 4.74 Å². The molecular weight excluding hydrogens is 188 g/mol. The van der Waals surface area contributed by atoms with Gasteiger partial charge >= 0.3 is 5.97 Å². The molecule has 0 bridgehead atoms. The molecule has 0 heterocycles. The molecule has 0 aromatic heterocycles. The minimum absolute atomic E-state index is 0.0747. The summed E-state index contributed by atoms with van der Waals surface area (Å²) in [4.78, 5) is 11.7. The number of carbonyl (C=O) groups excluding carboxylic acids is 1. The Morgan fingerprint density at radius 2 is 2.13 bits per heavy atom. The predicted octanol–water partition coefficient (Wildman–Crippen LogP) is 2.97. The first kappa shape index (κ1) is 10.2. The van der Waals surface area contributed by atoms with Gasteiger partial charge in [-0.25, -0.2) is 0 Å². The van der Waals surface area contributed by atoms with E-state index < -0.39 is 0 Å². The highest BCUT2D eigenvalue weighted by molar-refractivity contribution is 5.75. The van der Waals surface area contributed by atoms with Crippen LogP contribution in [0, 0.1) is 12.0 Å². The van der Waals surface area contributed by atoms with E-state index in [0.29, 0.717) is 5.75 Å². The molecule has 79 valence electrons. The Morgan fingerprint density at radius 1 is 1.33 bits per heavy atom. The Balaban J connectivity index is 1.91. The molecule has 2 rings (SSSR count). The van der Waals surface area contributed by atoms with Gasteiger partial charge in [0.1, 0.15) is 5.75 Å². The highest BCUT2D eigenvalue weighted by Crippen LogP contribution is 2.25. The molecule has 0 unspecified atom stereocenters. The minimum atomic E-state index is -0.0747. The van der Waals surface area contributed by atoms with Gasteiger partial charge in [0.2, 0.25) is 0 Å². The average molecular weight is 203 g/mol. The summed E-state index contributed by atoms with van der Waals surface area (Å²) in [7, 11) is 0. The zero-order valence-electron chi connectivity index (χ0n) is 8.74. The zero-order valence-corrected chi connectivity index (χ0v) is 8.74. The average Bonchev–Trinajstić information content (AvgIpc) is 2.31. The van der Waals surface area contributed by atoms with Crippen molar-refractivity contribution in [3.05, 3.63) is 30.3 Å². The second-order valence-corrected chi connectivity index (χ2v) is 4.00. The normalized spacial score (nSPS) is 17.3. The molecule has 1 radical (unpaired) electrons. The highest BCUT2D eigenvalue weighted by Gasteiger charge is 2.22. The van der Waals surface area contributed by atoms with Crippen LogP contribution in [0.5, 0.6) is 5.75 Å². The third-order valence-electron chi connectivity index (χ3n) is 2.84. The predicted molar refractivity (Wildman–Crippen MR) is 57.5 cm³/mol. The van der Waals surface area contributed by atoms with Crippen molar-refractivity contribution in [3.63, 3.8) is 0 Å². The monoisotopic (exact) mass is 203 g/mol. The van der Waals surface area contributed by atoms with Crippen molar-refractivity contribution in [3.8, 4) is 5.75 Å². The first-order valence-electron chi connectivity index (χ1n) is 5.54. The van der Waals surface area contributed by atoms with E-state index >= 15 is 0 Å². The van der Waals surface area contributed by atoms with Gasteiger partial charge in [-0.05, 0) is 31.0 Å². The number of esters is 1. The van der Waals surface area contributed by atoms with Gasteiger partial charge in [0, 0.05) is 0 Å². The lowest BCUT2D eigenvalue weighted by Crippen LogP contribution is -2.22. The van der Waals surface area contributed by atoms with Gasteiger partial charge in [-0.2, -0.15) is 0 Å². The number of benzene rings is 1. The second kappa shape index (κ2) is 4.96. The van der Waals surface area contributed by atoms with E-state index in [9.17, 15) is 4.79 Å². The minimum Gasteiger partial charge on any atom is -0.426 e. The van der Waals surface area contributed by atoms with Crippen molar-refractivity contribution < 1.29 is 9.53 Å². The van der Waals surface area contributed by atoms with Crippen LogP contribution in [0.1, 0.15) is 32.1 Å². The molecule has 0 aliphatic heterocycles. The maximum absolute atomic E-state index is 11.7. The van der Waals surface area contributed by atoms with Crippen LogP contribution in [0.3, 0.4) is 0 Å². The maximum atomic E-state index is 11.7. The Morgan fingerprint density at radius 3 is 2.80 bits per heavy atom. The SMILES string of the molecule is O=C(Oc1c[c]ccc1)C1CCCCC1. The Kier molecular flexibility index (Phi) is 3.38. The molecule has 0 spiro atoms. The maximum Gasteiger partial charge on any atom is 0.314 e. The van der Waals surface area contributed by atoms with E-state index in [4.69, 9.17) is 4.74 Å². The standard InChI is InChI=1S/C13H15O2/c14-13(11-7-3-1-4-8-11)15-12-9-5-2-6-10-12/h2,5,9-11H,1,3-4,7-8H2. The van der Waals surface area contributed by atoms with Gasteiger partial charge in [0.25, 0.3) is 0 Å². The van der Waals surface area contributed by atoms with Crippen LogP contribution in [-0.2, 0) is 4.79 Å². The number of ether oxygens (including phenoxy) is 1. The number of rotatable bonds is 2. The fourth-order valence-corrected chi connectivity index (χ4v) is 1.98. The third-order valence-corrected chi connectivity index (χ3v) is 2.84. The summed E-state index contributed by atoms with van der Waals surface area (Å²) in [5.41, 5.74) is 0. The van der Waals surface area contributed by atoms with E-state index in [1.54, 1.807) is 18.2 Å². The summed E-state index contributed by atoms with van der Waals surface area (Å²) in [6.07, 6.45) is 5.52. The summed E-state index contributed by atoms with van der Waals surface area (Å²) in [5, 5.41) is 0. The molecule has 0 atom stereocenters. The molecule has 1 aliphatic rings. The summed E-state index contributed by atoms with van der Waals surface area (Å²) in [6, 6.07) is 9.99. The molecule has 0 N–H and O–H groups in total. The Bertz CT molecular complexity index is 313. The molecular formula is C13H15O2. The highest BCUT2D eigenvalue weighted by atomic mass is 16.5. The fourth-order valence-electron chi connectivity index (χ4n) is 1.98. The molecule has 1 saturated carbocycles. The molecule has 0 saturated heterocycles. The number of hydrogen-bond donors (Lipinski definition) is 0. The summed E-state index contributed by atoms with van der Waals surface area (Å²) in [6.45, 7) is 0. The van der Waals surface area contributed by atoms with Crippen molar-refractivity contribution in [1.29, 1.82) is 0 Å². The molecule has 1 fully saturated rings. The summed E-state index contributed by atoms with van der Waals surface area (Å²) in [5.74, 6) is 0.640. The lowest BCUT2D eigenvalue weighted by atomic mass is 9.89. The van der Waals surface area contributed by atoms with E-state index in [0.717, 1.165) is 25.7 Å². The number of carbonyl (C=O) groups is 1.